The van der Waals surface area contributed by atoms with E-state index in [0.29, 0.717) is 16.0 Å². The molecule has 0 saturated heterocycles. The normalized spacial score (nSPS) is 11.0. The van der Waals surface area contributed by atoms with Crippen molar-refractivity contribution < 1.29 is 4.92 Å². The lowest BCUT2D eigenvalue weighted by molar-refractivity contribution is -0.385. The Bertz CT molecular complexity index is 845. The Kier molecular flexibility index (Phi) is 3.69. The molecule has 3 aromatic rings. The molecule has 0 atom stereocenters. The lowest BCUT2D eigenvalue weighted by Crippen LogP contribution is -2.00. The van der Waals surface area contributed by atoms with Crippen LogP contribution >= 0.6 is 27.5 Å². The molecular weight excluding hydrogens is 356 g/mol. The van der Waals surface area contributed by atoms with E-state index >= 15 is 0 Å². The first kappa shape index (κ1) is 14.1. The van der Waals surface area contributed by atoms with Gasteiger partial charge in [0.05, 0.1) is 4.92 Å². The standard InChI is InChI=1S/C15H10BrClN2O2/c16-15-10(3-1-6-14(15)19(20)21)9-18-8-7-11-12(17)4-2-5-13(11)18/h1-8H,9H2. The van der Waals surface area contributed by atoms with Gasteiger partial charge in [0.1, 0.15) is 4.47 Å². The Balaban J connectivity index is 2.05. The van der Waals surface area contributed by atoms with Crippen molar-refractivity contribution >= 4 is 44.1 Å². The minimum atomic E-state index is -0.391. The number of hydrogen-bond acceptors (Lipinski definition) is 2. The predicted octanol–water partition coefficient (Wildman–Crippen LogP) is 5.01. The summed E-state index contributed by atoms with van der Waals surface area (Å²) in [6, 6.07) is 12.7. The third kappa shape index (κ3) is 2.54. The first-order valence-corrected chi connectivity index (χ1v) is 7.40. The van der Waals surface area contributed by atoms with Gasteiger partial charge in [0.2, 0.25) is 0 Å². The molecule has 1 aromatic heterocycles. The minimum Gasteiger partial charge on any atom is -0.343 e. The molecule has 0 fully saturated rings. The summed E-state index contributed by atoms with van der Waals surface area (Å²) >= 11 is 9.48. The Morgan fingerprint density at radius 2 is 1.95 bits per heavy atom. The molecule has 0 unspecified atom stereocenters. The molecule has 6 heteroatoms. The molecule has 21 heavy (non-hydrogen) atoms. The molecule has 0 aliphatic carbocycles. The number of fused-ring (bicyclic) bond motifs is 1. The molecule has 2 aromatic carbocycles. The molecule has 0 bridgehead atoms. The SMILES string of the molecule is O=[N+]([O-])c1cccc(Cn2ccc3c(Cl)cccc32)c1Br. The predicted molar refractivity (Wildman–Crippen MR) is 86.8 cm³/mol. The lowest BCUT2D eigenvalue weighted by atomic mass is 10.2. The Morgan fingerprint density at radius 1 is 1.19 bits per heavy atom. The van der Waals surface area contributed by atoms with Crippen molar-refractivity contribution in [2.75, 3.05) is 0 Å². The van der Waals surface area contributed by atoms with Gasteiger partial charge < -0.3 is 4.57 Å². The molecule has 0 aliphatic rings. The second kappa shape index (κ2) is 5.50. The van der Waals surface area contributed by atoms with E-state index in [0.717, 1.165) is 16.5 Å². The fourth-order valence-electron chi connectivity index (χ4n) is 2.34. The fraction of sp³-hybridized carbons (Fsp3) is 0.0667. The molecule has 0 saturated carbocycles. The molecule has 0 N–H and O–H groups in total. The summed E-state index contributed by atoms with van der Waals surface area (Å²) in [6.07, 6.45) is 1.93. The highest BCUT2D eigenvalue weighted by Gasteiger charge is 2.15. The van der Waals surface area contributed by atoms with Crippen LogP contribution in [0.2, 0.25) is 5.02 Å². The zero-order valence-corrected chi connectivity index (χ0v) is 13.1. The van der Waals surface area contributed by atoms with E-state index in [9.17, 15) is 10.1 Å². The number of hydrogen-bond donors (Lipinski definition) is 0. The summed E-state index contributed by atoms with van der Waals surface area (Å²) in [4.78, 5) is 10.6. The van der Waals surface area contributed by atoms with Gasteiger partial charge >= 0.3 is 0 Å². The third-order valence-electron chi connectivity index (χ3n) is 3.36. The Hall–Kier alpha value is -1.85. The summed E-state index contributed by atoms with van der Waals surface area (Å²) < 4.78 is 2.53. The molecule has 0 aliphatic heterocycles. The van der Waals surface area contributed by atoms with Crippen LogP contribution in [0.4, 0.5) is 5.69 Å². The van der Waals surface area contributed by atoms with Crippen molar-refractivity contribution in [2.45, 2.75) is 6.54 Å². The van der Waals surface area contributed by atoms with E-state index in [1.54, 1.807) is 6.07 Å². The summed E-state index contributed by atoms with van der Waals surface area (Å²) in [5.74, 6) is 0. The van der Waals surface area contributed by atoms with Crippen LogP contribution in [0.3, 0.4) is 0 Å². The second-order valence-corrected chi connectivity index (χ2v) is 5.82. The number of nitro groups is 1. The van der Waals surface area contributed by atoms with Crippen LogP contribution in [0.1, 0.15) is 5.56 Å². The van der Waals surface area contributed by atoms with Crippen molar-refractivity contribution in [3.05, 3.63) is 73.8 Å². The van der Waals surface area contributed by atoms with Crippen LogP contribution in [0, 0.1) is 10.1 Å². The zero-order chi connectivity index (χ0) is 15.0. The molecule has 0 radical (unpaired) electrons. The van der Waals surface area contributed by atoms with Gasteiger partial charge in [0.25, 0.3) is 5.69 Å². The van der Waals surface area contributed by atoms with E-state index in [1.165, 1.54) is 6.07 Å². The van der Waals surface area contributed by atoms with E-state index in [4.69, 9.17) is 11.6 Å². The van der Waals surface area contributed by atoms with Gasteiger partial charge in [0.15, 0.2) is 0 Å². The number of nitro benzene ring substituents is 1. The molecular formula is C15H10BrClN2O2. The Morgan fingerprint density at radius 3 is 2.71 bits per heavy atom. The maximum atomic E-state index is 11.0. The zero-order valence-electron chi connectivity index (χ0n) is 10.8. The quantitative estimate of drug-likeness (QED) is 0.483. The smallest absolute Gasteiger partial charge is 0.283 e. The Labute approximate surface area is 134 Å². The van der Waals surface area contributed by atoms with Crippen LogP contribution in [0.25, 0.3) is 10.9 Å². The van der Waals surface area contributed by atoms with E-state index in [1.807, 2.05) is 41.1 Å². The number of aromatic nitrogens is 1. The molecule has 0 spiro atoms. The van der Waals surface area contributed by atoms with Crippen LogP contribution in [0.5, 0.6) is 0 Å². The largest absolute Gasteiger partial charge is 0.343 e. The first-order chi connectivity index (χ1) is 10.1. The molecule has 106 valence electrons. The van der Waals surface area contributed by atoms with Gasteiger partial charge in [-0.1, -0.05) is 29.8 Å². The number of benzene rings is 2. The minimum absolute atomic E-state index is 0.0713. The summed E-state index contributed by atoms with van der Waals surface area (Å²) in [6.45, 7) is 0.534. The van der Waals surface area contributed by atoms with Crippen LogP contribution < -0.4 is 0 Å². The van der Waals surface area contributed by atoms with Gasteiger partial charge in [-0.25, -0.2) is 0 Å². The van der Waals surface area contributed by atoms with Crippen molar-refractivity contribution in [3.63, 3.8) is 0 Å². The highest BCUT2D eigenvalue weighted by Crippen LogP contribution is 2.30. The van der Waals surface area contributed by atoms with Crippen molar-refractivity contribution in [2.24, 2.45) is 0 Å². The van der Waals surface area contributed by atoms with E-state index in [2.05, 4.69) is 15.9 Å². The van der Waals surface area contributed by atoms with Gasteiger partial charge in [-0.15, -0.1) is 0 Å². The van der Waals surface area contributed by atoms with Crippen LogP contribution in [-0.4, -0.2) is 9.49 Å². The van der Waals surface area contributed by atoms with Gasteiger partial charge in [-0.3, -0.25) is 10.1 Å². The van der Waals surface area contributed by atoms with E-state index < -0.39 is 4.92 Å². The summed E-state index contributed by atoms with van der Waals surface area (Å²) in [5.41, 5.74) is 1.92. The molecule has 3 rings (SSSR count). The monoisotopic (exact) mass is 364 g/mol. The highest BCUT2D eigenvalue weighted by atomic mass is 79.9. The van der Waals surface area contributed by atoms with Crippen molar-refractivity contribution in [1.29, 1.82) is 0 Å². The van der Waals surface area contributed by atoms with Gasteiger partial charge in [0, 0.05) is 34.7 Å². The van der Waals surface area contributed by atoms with Gasteiger partial charge in [-0.05, 0) is 39.7 Å². The highest BCUT2D eigenvalue weighted by molar-refractivity contribution is 9.10. The van der Waals surface area contributed by atoms with Crippen molar-refractivity contribution in [3.8, 4) is 0 Å². The number of halogens is 2. The van der Waals surface area contributed by atoms with Crippen molar-refractivity contribution in [1.82, 2.24) is 4.57 Å². The maximum Gasteiger partial charge on any atom is 0.283 e. The third-order valence-corrected chi connectivity index (χ3v) is 4.60. The number of nitrogens with zero attached hydrogens (tertiary/aromatic N) is 2. The van der Waals surface area contributed by atoms with Crippen LogP contribution in [-0.2, 0) is 6.54 Å². The van der Waals surface area contributed by atoms with E-state index in [-0.39, 0.29) is 5.69 Å². The first-order valence-electron chi connectivity index (χ1n) is 6.23. The molecule has 1 heterocycles. The van der Waals surface area contributed by atoms with Crippen LogP contribution in [0.15, 0.2) is 53.1 Å². The average molecular weight is 366 g/mol. The lowest BCUT2D eigenvalue weighted by Gasteiger charge is -2.08. The summed E-state index contributed by atoms with van der Waals surface area (Å²) in [5, 5.41) is 12.7. The van der Waals surface area contributed by atoms with Gasteiger partial charge in [-0.2, -0.15) is 0 Å². The second-order valence-electron chi connectivity index (χ2n) is 4.62. The number of rotatable bonds is 3. The molecule has 0 amide bonds. The fourth-order valence-corrected chi connectivity index (χ4v) is 3.10. The molecule has 4 nitrogen and oxygen atoms in total. The average Bonchev–Trinajstić information content (AvgIpc) is 2.85. The summed E-state index contributed by atoms with van der Waals surface area (Å²) in [7, 11) is 0. The topological polar surface area (TPSA) is 48.1 Å². The maximum absolute atomic E-state index is 11.0.